The Morgan fingerprint density at radius 3 is 2.42 bits per heavy atom. The van der Waals surface area contributed by atoms with Gasteiger partial charge in [0.25, 0.3) is 11.7 Å². The maximum Gasteiger partial charge on any atom is 0.295 e. The Balaban J connectivity index is 1.98. The number of hydrogen-bond acceptors (Lipinski definition) is 4. The molecule has 1 N–H and O–H groups in total. The number of fused-ring (bicyclic) bond motifs is 1. The molecule has 3 rings (SSSR count). The predicted octanol–water partition coefficient (Wildman–Crippen LogP) is 3.12. The van der Waals surface area contributed by atoms with Gasteiger partial charge in [0, 0.05) is 17.1 Å². The molecule has 0 saturated carbocycles. The van der Waals surface area contributed by atoms with E-state index in [0.717, 1.165) is 41.0 Å². The van der Waals surface area contributed by atoms with E-state index in [-0.39, 0.29) is 11.7 Å². The number of amides is 1. The summed E-state index contributed by atoms with van der Waals surface area (Å²) in [6.07, 6.45) is 1.70. The standard InChI is InChI=1S/C18H21N5O/c1-5-13-8-7-9-14(6-2)15(13)20-17(24)16-21-18-19-11(3)10-12(4)23(18)22-16/h7-10H,5-6H2,1-4H3,(H,20,24). The fourth-order valence-electron chi connectivity index (χ4n) is 2.84. The van der Waals surface area contributed by atoms with Gasteiger partial charge in [-0.15, -0.1) is 5.10 Å². The minimum absolute atomic E-state index is 0.129. The van der Waals surface area contributed by atoms with Crippen molar-refractivity contribution in [2.75, 3.05) is 5.32 Å². The molecule has 1 amide bonds. The highest BCUT2D eigenvalue weighted by Crippen LogP contribution is 2.23. The van der Waals surface area contributed by atoms with E-state index in [1.807, 2.05) is 38.1 Å². The third-order valence-electron chi connectivity index (χ3n) is 4.06. The van der Waals surface area contributed by atoms with Gasteiger partial charge in [-0.1, -0.05) is 32.0 Å². The van der Waals surface area contributed by atoms with Crippen molar-refractivity contribution in [1.29, 1.82) is 0 Å². The topological polar surface area (TPSA) is 72.2 Å². The number of rotatable bonds is 4. The van der Waals surface area contributed by atoms with E-state index in [1.165, 1.54) is 0 Å². The maximum absolute atomic E-state index is 12.6. The molecule has 2 aromatic heterocycles. The molecule has 2 heterocycles. The molecule has 0 aliphatic carbocycles. The molecular formula is C18H21N5O. The van der Waals surface area contributed by atoms with Gasteiger partial charge in [-0.05, 0) is 43.9 Å². The average Bonchev–Trinajstić information content (AvgIpc) is 2.99. The van der Waals surface area contributed by atoms with Crippen LogP contribution in [0.4, 0.5) is 5.69 Å². The first-order valence-corrected chi connectivity index (χ1v) is 8.16. The molecule has 0 saturated heterocycles. The quantitative estimate of drug-likeness (QED) is 0.800. The van der Waals surface area contributed by atoms with E-state index in [0.29, 0.717) is 5.78 Å². The highest BCUT2D eigenvalue weighted by atomic mass is 16.2. The molecule has 6 nitrogen and oxygen atoms in total. The van der Waals surface area contributed by atoms with Crippen molar-refractivity contribution >= 4 is 17.4 Å². The number of anilines is 1. The molecule has 6 heteroatoms. The summed E-state index contributed by atoms with van der Waals surface area (Å²) in [4.78, 5) is 21.2. The monoisotopic (exact) mass is 323 g/mol. The summed E-state index contributed by atoms with van der Waals surface area (Å²) in [7, 11) is 0. The summed E-state index contributed by atoms with van der Waals surface area (Å²) in [5.41, 5.74) is 4.83. The summed E-state index contributed by atoms with van der Waals surface area (Å²) in [6, 6.07) is 7.99. The summed E-state index contributed by atoms with van der Waals surface area (Å²) >= 11 is 0. The normalized spacial score (nSPS) is 11.0. The van der Waals surface area contributed by atoms with Crippen LogP contribution < -0.4 is 5.32 Å². The van der Waals surface area contributed by atoms with Crippen molar-refractivity contribution in [1.82, 2.24) is 19.6 Å². The molecule has 0 radical (unpaired) electrons. The van der Waals surface area contributed by atoms with E-state index < -0.39 is 0 Å². The molecule has 0 unspecified atom stereocenters. The number of nitrogens with one attached hydrogen (secondary N) is 1. The summed E-state index contributed by atoms with van der Waals surface area (Å²) in [6.45, 7) is 7.96. The number of carbonyl (C=O) groups is 1. The van der Waals surface area contributed by atoms with Crippen LogP contribution in [0, 0.1) is 13.8 Å². The predicted molar refractivity (Wildman–Crippen MR) is 93.4 cm³/mol. The summed E-state index contributed by atoms with van der Waals surface area (Å²) in [5, 5.41) is 7.28. The number of para-hydroxylation sites is 1. The van der Waals surface area contributed by atoms with Gasteiger partial charge in [0.15, 0.2) is 0 Å². The zero-order valence-corrected chi connectivity index (χ0v) is 14.4. The van der Waals surface area contributed by atoms with E-state index in [9.17, 15) is 4.79 Å². The Labute approximate surface area is 141 Å². The van der Waals surface area contributed by atoms with Crippen molar-refractivity contribution in [2.45, 2.75) is 40.5 Å². The Morgan fingerprint density at radius 2 is 1.79 bits per heavy atom. The highest BCUT2D eigenvalue weighted by Gasteiger charge is 2.17. The lowest BCUT2D eigenvalue weighted by atomic mass is 10.0. The minimum atomic E-state index is -0.312. The van der Waals surface area contributed by atoms with Crippen LogP contribution in [0.3, 0.4) is 0 Å². The fourth-order valence-corrected chi connectivity index (χ4v) is 2.84. The lowest BCUT2D eigenvalue weighted by Crippen LogP contribution is -2.16. The molecular weight excluding hydrogens is 302 g/mol. The van der Waals surface area contributed by atoms with E-state index in [1.54, 1.807) is 4.52 Å². The molecule has 0 aliphatic rings. The van der Waals surface area contributed by atoms with Crippen LogP contribution in [0.2, 0.25) is 0 Å². The summed E-state index contributed by atoms with van der Waals surface area (Å²) < 4.78 is 1.59. The van der Waals surface area contributed by atoms with Gasteiger partial charge < -0.3 is 5.32 Å². The first-order valence-electron chi connectivity index (χ1n) is 8.16. The van der Waals surface area contributed by atoms with Gasteiger partial charge in [-0.2, -0.15) is 4.98 Å². The zero-order valence-electron chi connectivity index (χ0n) is 14.4. The zero-order chi connectivity index (χ0) is 17.3. The van der Waals surface area contributed by atoms with Crippen LogP contribution in [0.15, 0.2) is 24.3 Å². The summed E-state index contributed by atoms with van der Waals surface area (Å²) in [5.74, 6) is 0.259. The molecule has 0 bridgehead atoms. The largest absolute Gasteiger partial charge is 0.319 e. The number of hydrogen-bond donors (Lipinski definition) is 1. The van der Waals surface area contributed by atoms with Crippen molar-refractivity contribution < 1.29 is 4.79 Å². The smallest absolute Gasteiger partial charge is 0.295 e. The number of carbonyl (C=O) groups excluding carboxylic acids is 1. The minimum Gasteiger partial charge on any atom is -0.319 e. The van der Waals surface area contributed by atoms with Gasteiger partial charge >= 0.3 is 0 Å². The molecule has 3 aromatic rings. The van der Waals surface area contributed by atoms with E-state index in [4.69, 9.17) is 0 Å². The van der Waals surface area contributed by atoms with Crippen molar-refractivity contribution in [3.63, 3.8) is 0 Å². The van der Waals surface area contributed by atoms with Crippen LogP contribution >= 0.6 is 0 Å². The Kier molecular flexibility index (Phi) is 4.29. The van der Waals surface area contributed by atoms with Crippen LogP contribution in [0.25, 0.3) is 5.78 Å². The molecule has 24 heavy (non-hydrogen) atoms. The van der Waals surface area contributed by atoms with Gasteiger partial charge in [0.05, 0.1) is 0 Å². The van der Waals surface area contributed by atoms with Crippen LogP contribution in [-0.4, -0.2) is 25.5 Å². The SMILES string of the molecule is CCc1cccc(CC)c1NC(=O)c1nc2nc(C)cc(C)n2n1. The molecule has 0 aliphatic heterocycles. The Bertz CT molecular complexity index is 891. The van der Waals surface area contributed by atoms with Crippen LogP contribution in [0.1, 0.15) is 47.0 Å². The number of nitrogens with zero attached hydrogens (tertiary/aromatic N) is 4. The van der Waals surface area contributed by atoms with E-state index in [2.05, 4.69) is 34.2 Å². The van der Waals surface area contributed by atoms with Gasteiger partial charge in [-0.3, -0.25) is 4.79 Å². The second kappa shape index (κ2) is 6.39. The number of aryl methyl sites for hydroxylation is 4. The maximum atomic E-state index is 12.6. The fraction of sp³-hybridized carbons (Fsp3) is 0.333. The molecule has 1 aromatic carbocycles. The molecule has 0 fully saturated rings. The lowest BCUT2D eigenvalue weighted by molar-refractivity contribution is 0.101. The van der Waals surface area contributed by atoms with Crippen molar-refractivity contribution in [3.05, 3.63) is 52.6 Å². The number of benzene rings is 1. The highest BCUT2D eigenvalue weighted by molar-refractivity contribution is 6.02. The third kappa shape index (κ3) is 2.87. The Morgan fingerprint density at radius 1 is 1.12 bits per heavy atom. The lowest BCUT2D eigenvalue weighted by Gasteiger charge is -2.13. The van der Waals surface area contributed by atoms with Crippen molar-refractivity contribution in [3.8, 4) is 0 Å². The molecule has 124 valence electrons. The van der Waals surface area contributed by atoms with Gasteiger partial charge in [0.2, 0.25) is 5.82 Å². The van der Waals surface area contributed by atoms with Crippen molar-refractivity contribution in [2.24, 2.45) is 0 Å². The van der Waals surface area contributed by atoms with Crippen LogP contribution in [0.5, 0.6) is 0 Å². The van der Waals surface area contributed by atoms with E-state index >= 15 is 0 Å². The van der Waals surface area contributed by atoms with Gasteiger partial charge in [-0.25, -0.2) is 9.50 Å². The first-order chi connectivity index (χ1) is 11.5. The Hall–Kier alpha value is -2.76. The average molecular weight is 323 g/mol. The first kappa shape index (κ1) is 16.1. The molecule has 0 spiro atoms. The third-order valence-corrected chi connectivity index (χ3v) is 4.06. The van der Waals surface area contributed by atoms with Crippen LogP contribution in [-0.2, 0) is 12.8 Å². The number of aromatic nitrogens is 4. The molecule has 0 atom stereocenters. The second-order valence-corrected chi connectivity index (χ2v) is 5.80. The van der Waals surface area contributed by atoms with Gasteiger partial charge in [0.1, 0.15) is 0 Å². The second-order valence-electron chi connectivity index (χ2n) is 5.80.